The largest absolute Gasteiger partial charge is 0.492 e. The zero-order chi connectivity index (χ0) is 15.5. The standard InChI is InChI=1S/C18H28N2O/c1-5-10-20(6-2)11-12-21-18-9-7-8-17(13-18)15-19-14-16(3)4/h1,7-9,13,16,19H,6,10-12,14-15H2,2-4H3. The van der Waals surface area contributed by atoms with Crippen LogP contribution < -0.4 is 10.1 Å². The number of rotatable bonds is 10. The van der Waals surface area contributed by atoms with Crippen LogP contribution in [0.5, 0.6) is 5.75 Å². The molecule has 0 aliphatic carbocycles. The van der Waals surface area contributed by atoms with Crippen molar-refractivity contribution in [3.05, 3.63) is 29.8 Å². The maximum atomic E-state index is 5.81. The van der Waals surface area contributed by atoms with Crippen LogP contribution in [0, 0.1) is 18.3 Å². The molecule has 116 valence electrons. The van der Waals surface area contributed by atoms with E-state index in [1.54, 1.807) is 0 Å². The highest BCUT2D eigenvalue weighted by Gasteiger charge is 2.02. The molecule has 0 aliphatic heterocycles. The first-order chi connectivity index (χ1) is 10.2. The zero-order valence-corrected chi connectivity index (χ0v) is 13.6. The molecule has 3 heteroatoms. The number of likely N-dealkylation sites (N-methyl/N-ethyl adjacent to an activating group) is 1. The SMILES string of the molecule is C#CCN(CC)CCOc1cccc(CNCC(C)C)c1. The lowest BCUT2D eigenvalue weighted by Gasteiger charge is -2.17. The van der Waals surface area contributed by atoms with Crippen LogP contribution in [0.2, 0.25) is 0 Å². The van der Waals surface area contributed by atoms with E-state index in [0.29, 0.717) is 19.1 Å². The first kappa shape index (κ1) is 17.6. The lowest BCUT2D eigenvalue weighted by Crippen LogP contribution is -2.28. The Morgan fingerprint density at radius 2 is 2.19 bits per heavy atom. The third-order valence-electron chi connectivity index (χ3n) is 3.22. The Hall–Kier alpha value is -1.50. The summed E-state index contributed by atoms with van der Waals surface area (Å²) in [5.74, 6) is 4.26. The van der Waals surface area contributed by atoms with Crippen molar-refractivity contribution in [2.24, 2.45) is 5.92 Å². The van der Waals surface area contributed by atoms with E-state index < -0.39 is 0 Å². The number of hydrogen-bond acceptors (Lipinski definition) is 3. The minimum Gasteiger partial charge on any atom is -0.492 e. The molecule has 0 amide bonds. The molecular weight excluding hydrogens is 260 g/mol. The Kier molecular flexibility index (Phi) is 8.57. The molecular formula is C18H28N2O. The van der Waals surface area contributed by atoms with Crippen LogP contribution >= 0.6 is 0 Å². The van der Waals surface area contributed by atoms with E-state index in [4.69, 9.17) is 11.2 Å². The molecule has 0 spiro atoms. The third kappa shape index (κ3) is 7.75. The molecule has 0 aliphatic rings. The Morgan fingerprint density at radius 1 is 1.38 bits per heavy atom. The normalized spacial score (nSPS) is 10.9. The lowest BCUT2D eigenvalue weighted by atomic mass is 10.2. The fraction of sp³-hybridized carbons (Fsp3) is 0.556. The topological polar surface area (TPSA) is 24.5 Å². The predicted octanol–water partition coefficient (Wildman–Crippen LogP) is 2.77. The molecule has 1 aromatic carbocycles. The van der Waals surface area contributed by atoms with Crippen LogP contribution in [0.3, 0.4) is 0 Å². The number of benzene rings is 1. The smallest absolute Gasteiger partial charge is 0.119 e. The summed E-state index contributed by atoms with van der Waals surface area (Å²) in [4.78, 5) is 2.19. The summed E-state index contributed by atoms with van der Waals surface area (Å²) in [6, 6.07) is 8.27. The van der Waals surface area contributed by atoms with E-state index in [-0.39, 0.29) is 0 Å². The van der Waals surface area contributed by atoms with Crippen molar-refractivity contribution >= 4 is 0 Å². The molecule has 0 atom stereocenters. The highest BCUT2D eigenvalue weighted by Crippen LogP contribution is 2.13. The molecule has 0 radical (unpaired) electrons. The number of nitrogens with zero attached hydrogens (tertiary/aromatic N) is 1. The zero-order valence-electron chi connectivity index (χ0n) is 13.6. The number of ether oxygens (including phenoxy) is 1. The van der Waals surface area contributed by atoms with E-state index in [0.717, 1.165) is 31.9 Å². The summed E-state index contributed by atoms with van der Waals surface area (Å²) in [6.45, 7) is 11.6. The van der Waals surface area contributed by atoms with Gasteiger partial charge in [0, 0.05) is 13.1 Å². The van der Waals surface area contributed by atoms with Crippen LogP contribution in [0.15, 0.2) is 24.3 Å². The first-order valence-corrected chi connectivity index (χ1v) is 7.74. The quantitative estimate of drug-likeness (QED) is 0.670. The second-order valence-electron chi connectivity index (χ2n) is 5.59. The maximum absolute atomic E-state index is 5.81. The molecule has 0 saturated heterocycles. The minimum absolute atomic E-state index is 0.665. The fourth-order valence-electron chi connectivity index (χ4n) is 2.02. The van der Waals surface area contributed by atoms with Gasteiger partial charge in [0.1, 0.15) is 12.4 Å². The average Bonchev–Trinajstić information content (AvgIpc) is 2.46. The maximum Gasteiger partial charge on any atom is 0.119 e. The van der Waals surface area contributed by atoms with Crippen molar-refractivity contribution in [2.45, 2.75) is 27.3 Å². The van der Waals surface area contributed by atoms with Gasteiger partial charge < -0.3 is 10.1 Å². The molecule has 1 N–H and O–H groups in total. The van der Waals surface area contributed by atoms with E-state index in [2.05, 4.69) is 49.0 Å². The fourth-order valence-corrected chi connectivity index (χ4v) is 2.02. The highest BCUT2D eigenvalue weighted by molar-refractivity contribution is 5.28. The summed E-state index contributed by atoms with van der Waals surface area (Å²) in [7, 11) is 0. The van der Waals surface area contributed by atoms with Gasteiger partial charge in [0.15, 0.2) is 0 Å². The highest BCUT2D eigenvalue weighted by atomic mass is 16.5. The van der Waals surface area contributed by atoms with Crippen molar-refractivity contribution in [2.75, 3.05) is 32.8 Å². The van der Waals surface area contributed by atoms with Gasteiger partial charge in [-0.25, -0.2) is 0 Å². The number of terminal acetylenes is 1. The summed E-state index contributed by atoms with van der Waals surface area (Å²) in [6.07, 6.45) is 5.34. The van der Waals surface area contributed by atoms with Gasteiger partial charge in [-0.2, -0.15) is 0 Å². The summed E-state index contributed by atoms with van der Waals surface area (Å²) < 4.78 is 5.81. The molecule has 0 heterocycles. The first-order valence-electron chi connectivity index (χ1n) is 7.74. The van der Waals surface area contributed by atoms with Gasteiger partial charge in [-0.1, -0.05) is 38.8 Å². The van der Waals surface area contributed by atoms with Crippen LogP contribution in [0.4, 0.5) is 0 Å². The van der Waals surface area contributed by atoms with Crippen molar-refractivity contribution in [1.82, 2.24) is 10.2 Å². The van der Waals surface area contributed by atoms with Gasteiger partial charge in [0.05, 0.1) is 6.54 Å². The molecule has 0 fully saturated rings. The summed E-state index contributed by atoms with van der Waals surface area (Å²) in [5.41, 5.74) is 1.25. The lowest BCUT2D eigenvalue weighted by molar-refractivity contribution is 0.231. The molecule has 0 saturated carbocycles. The number of hydrogen-bond donors (Lipinski definition) is 1. The molecule has 1 aromatic rings. The van der Waals surface area contributed by atoms with Crippen LogP contribution in [0.1, 0.15) is 26.3 Å². The predicted molar refractivity (Wildman–Crippen MR) is 89.4 cm³/mol. The summed E-state index contributed by atoms with van der Waals surface area (Å²) >= 11 is 0. The van der Waals surface area contributed by atoms with Gasteiger partial charge in [-0.15, -0.1) is 6.42 Å². The van der Waals surface area contributed by atoms with E-state index in [9.17, 15) is 0 Å². The Labute approximate surface area is 129 Å². The average molecular weight is 288 g/mol. The van der Waals surface area contributed by atoms with Crippen LogP contribution in [-0.2, 0) is 6.54 Å². The van der Waals surface area contributed by atoms with Gasteiger partial charge in [0.2, 0.25) is 0 Å². The van der Waals surface area contributed by atoms with E-state index >= 15 is 0 Å². The molecule has 1 rings (SSSR count). The van der Waals surface area contributed by atoms with Gasteiger partial charge >= 0.3 is 0 Å². The van der Waals surface area contributed by atoms with Crippen LogP contribution in [0.25, 0.3) is 0 Å². The molecule has 21 heavy (non-hydrogen) atoms. The molecule has 0 unspecified atom stereocenters. The van der Waals surface area contributed by atoms with Crippen molar-refractivity contribution < 1.29 is 4.74 Å². The Morgan fingerprint density at radius 3 is 2.86 bits per heavy atom. The summed E-state index contributed by atoms with van der Waals surface area (Å²) in [5, 5.41) is 3.44. The Balaban J connectivity index is 2.37. The second-order valence-corrected chi connectivity index (χ2v) is 5.59. The molecule has 3 nitrogen and oxygen atoms in total. The van der Waals surface area contributed by atoms with Gasteiger partial charge in [0.25, 0.3) is 0 Å². The van der Waals surface area contributed by atoms with Gasteiger partial charge in [-0.3, -0.25) is 4.90 Å². The molecule has 0 bridgehead atoms. The number of nitrogens with one attached hydrogen (secondary N) is 1. The minimum atomic E-state index is 0.665. The van der Waals surface area contributed by atoms with E-state index in [1.165, 1.54) is 5.56 Å². The van der Waals surface area contributed by atoms with Crippen molar-refractivity contribution in [3.63, 3.8) is 0 Å². The molecule has 0 aromatic heterocycles. The third-order valence-corrected chi connectivity index (χ3v) is 3.22. The monoisotopic (exact) mass is 288 g/mol. The van der Waals surface area contributed by atoms with Crippen molar-refractivity contribution in [3.8, 4) is 18.1 Å². The Bertz CT molecular complexity index is 437. The van der Waals surface area contributed by atoms with Crippen LogP contribution in [-0.4, -0.2) is 37.7 Å². The van der Waals surface area contributed by atoms with Gasteiger partial charge in [-0.05, 0) is 36.7 Å². The van der Waals surface area contributed by atoms with E-state index in [1.807, 2.05) is 12.1 Å². The van der Waals surface area contributed by atoms with Crippen molar-refractivity contribution in [1.29, 1.82) is 0 Å². The second kappa shape index (κ2) is 10.3.